The topological polar surface area (TPSA) is 48.4 Å². The third-order valence-electron chi connectivity index (χ3n) is 3.71. The predicted octanol–water partition coefficient (Wildman–Crippen LogP) is 4.08. The molecule has 2 unspecified atom stereocenters. The van der Waals surface area contributed by atoms with Gasteiger partial charge in [0.2, 0.25) is 0 Å². The van der Waals surface area contributed by atoms with Gasteiger partial charge in [-0.2, -0.15) is 0 Å². The number of ether oxygens (including phenoxy) is 2. The van der Waals surface area contributed by atoms with E-state index in [1.165, 1.54) is 0 Å². The predicted molar refractivity (Wildman–Crippen MR) is 89.7 cm³/mol. The SMILES string of the molecule is CCC(C)COC(COc1ccc(C=O)cc1)c1ccccn1. The second-order valence-corrected chi connectivity index (χ2v) is 5.59. The zero-order valence-corrected chi connectivity index (χ0v) is 13.6. The average molecular weight is 313 g/mol. The largest absolute Gasteiger partial charge is 0.490 e. The van der Waals surface area contributed by atoms with Crippen molar-refractivity contribution in [2.75, 3.05) is 13.2 Å². The number of benzene rings is 1. The van der Waals surface area contributed by atoms with E-state index in [2.05, 4.69) is 18.8 Å². The van der Waals surface area contributed by atoms with Crippen LogP contribution in [0.2, 0.25) is 0 Å². The van der Waals surface area contributed by atoms with Gasteiger partial charge in [0, 0.05) is 11.8 Å². The van der Waals surface area contributed by atoms with Crippen LogP contribution in [0.25, 0.3) is 0 Å². The molecule has 4 nitrogen and oxygen atoms in total. The van der Waals surface area contributed by atoms with Crippen LogP contribution >= 0.6 is 0 Å². The number of carbonyl (C=O) groups excluding carboxylic acids is 1. The summed E-state index contributed by atoms with van der Waals surface area (Å²) >= 11 is 0. The number of hydrogen-bond donors (Lipinski definition) is 0. The number of aldehydes is 1. The lowest BCUT2D eigenvalue weighted by Crippen LogP contribution is -2.18. The van der Waals surface area contributed by atoms with E-state index >= 15 is 0 Å². The number of carbonyl (C=O) groups is 1. The molecule has 4 heteroatoms. The molecule has 0 saturated heterocycles. The van der Waals surface area contributed by atoms with Crippen LogP contribution in [0.3, 0.4) is 0 Å². The molecule has 1 aromatic carbocycles. The van der Waals surface area contributed by atoms with Gasteiger partial charge in [-0.15, -0.1) is 0 Å². The molecule has 0 aliphatic carbocycles. The Hall–Kier alpha value is -2.20. The van der Waals surface area contributed by atoms with Gasteiger partial charge in [-0.1, -0.05) is 26.3 Å². The number of pyridine rings is 1. The van der Waals surface area contributed by atoms with Crippen LogP contribution in [0, 0.1) is 5.92 Å². The van der Waals surface area contributed by atoms with Gasteiger partial charge in [0.15, 0.2) is 0 Å². The first-order valence-electron chi connectivity index (χ1n) is 7.93. The lowest BCUT2D eigenvalue weighted by atomic mass is 10.1. The van der Waals surface area contributed by atoms with Crippen LogP contribution in [0.15, 0.2) is 48.7 Å². The Morgan fingerprint density at radius 1 is 1.13 bits per heavy atom. The van der Waals surface area contributed by atoms with Crippen molar-refractivity contribution in [2.24, 2.45) is 5.92 Å². The molecule has 122 valence electrons. The van der Waals surface area contributed by atoms with E-state index in [4.69, 9.17) is 9.47 Å². The summed E-state index contributed by atoms with van der Waals surface area (Å²) in [4.78, 5) is 15.0. The molecule has 0 amide bonds. The van der Waals surface area contributed by atoms with Gasteiger partial charge in [0.25, 0.3) is 0 Å². The van der Waals surface area contributed by atoms with E-state index in [-0.39, 0.29) is 6.10 Å². The molecule has 1 aromatic heterocycles. The Morgan fingerprint density at radius 2 is 1.91 bits per heavy atom. The van der Waals surface area contributed by atoms with Crippen molar-refractivity contribution >= 4 is 6.29 Å². The normalized spacial score (nSPS) is 13.3. The Bertz CT molecular complexity index is 583. The van der Waals surface area contributed by atoms with Crippen LogP contribution in [0.1, 0.15) is 42.4 Å². The smallest absolute Gasteiger partial charge is 0.150 e. The lowest BCUT2D eigenvalue weighted by Gasteiger charge is -2.20. The molecule has 2 atom stereocenters. The fourth-order valence-corrected chi connectivity index (χ4v) is 2.00. The van der Waals surface area contributed by atoms with E-state index in [9.17, 15) is 4.79 Å². The Balaban J connectivity index is 2.00. The monoisotopic (exact) mass is 313 g/mol. The molecule has 0 radical (unpaired) electrons. The first-order valence-corrected chi connectivity index (χ1v) is 7.93. The van der Waals surface area contributed by atoms with Crippen molar-refractivity contribution < 1.29 is 14.3 Å². The Kier molecular flexibility index (Phi) is 6.76. The summed E-state index contributed by atoms with van der Waals surface area (Å²) in [6.07, 6.45) is 3.43. The highest BCUT2D eigenvalue weighted by molar-refractivity contribution is 5.74. The number of rotatable bonds is 9. The van der Waals surface area contributed by atoms with Gasteiger partial charge < -0.3 is 9.47 Å². The first-order chi connectivity index (χ1) is 11.2. The second kappa shape index (κ2) is 9.06. The fraction of sp³-hybridized carbons (Fsp3) is 0.368. The summed E-state index contributed by atoms with van der Waals surface area (Å²) in [5.74, 6) is 1.21. The van der Waals surface area contributed by atoms with Gasteiger partial charge in [0.05, 0.1) is 12.3 Å². The van der Waals surface area contributed by atoms with E-state index < -0.39 is 0 Å². The standard InChI is InChI=1S/C19H23NO3/c1-3-15(2)13-23-19(18-6-4-5-11-20-18)14-22-17-9-7-16(12-21)8-10-17/h4-12,15,19H,3,13-14H2,1-2H3. The molecule has 23 heavy (non-hydrogen) atoms. The third kappa shape index (κ3) is 5.49. The van der Waals surface area contributed by atoms with Crippen LogP contribution in [0.4, 0.5) is 0 Å². The second-order valence-electron chi connectivity index (χ2n) is 5.59. The summed E-state index contributed by atoms with van der Waals surface area (Å²) in [5, 5.41) is 0. The van der Waals surface area contributed by atoms with Crippen LogP contribution < -0.4 is 4.74 Å². The lowest BCUT2D eigenvalue weighted by molar-refractivity contribution is -0.000138. The Labute approximate surface area is 137 Å². The molecule has 1 heterocycles. The molecule has 0 spiro atoms. The fourth-order valence-electron chi connectivity index (χ4n) is 2.00. The van der Waals surface area contributed by atoms with Crippen molar-refractivity contribution in [3.8, 4) is 5.75 Å². The minimum Gasteiger partial charge on any atom is -0.490 e. The summed E-state index contributed by atoms with van der Waals surface area (Å²) < 4.78 is 11.8. The van der Waals surface area contributed by atoms with Gasteiger partial charge in [-0.3, -0.25) is 9.78 Å². The van der Waals surface area contributed by atoms with Gasteiger partial charge in [-0.25, -0.2) is 0 Å². The summed E-state index contributed by atoms with van der Waals surface area (Å²) in [5.41, 5.74) is 1.49. The number of aromatic nitrogens is 1. The molecule has 2 aromatic rings. The van der Waals surface area contributed by atoms with Gasteiger partial charge in [-0.05, 0) is 42.3 Å². The van der Waals surface area contributed by atoms with Crippen LogP contribution in [0.5, 0.6) is 5.75 Å². The zero-order valence-electron chi connectivity index (χ0n) is 13.6. The minimum absolute atomic E-state index is 0.212. The summed E-state index contributed by atoms with van der Waals surface area (Å²) in [6.45, 7) is 5.36. The maximum Gasteiger partial charge on any atom is 0.150 e. The highest BCUT2D eigenvalue weighted by Gasteiger charge is 2.15. The Morgan fingerprint density at radius 3 is 2.52 bits per heavy atom. The molecular formula is C19H23NO3. The summed E-state index contributed by atoms with van der Waals surface area (Å²) in [7, 11) is 0. The molecule has 0 aliphatic rings. The minimum atomic E-state index is -0.212. The van der Waals surface area contributed by atoms with Crippen molar-refractivity contribution in [2.45, 2.75) is 26.4 Å². The van der Waals surface area contributed by atoms with E-state index in [1.54, 1.807) is 30.5 Å². The molecular weight excluding hydrogens is 290 g/mol. The van der Waals surface area contributed by atoms with Crippen molar-refractivity contribution in [3.05, 3.63) is 59.9 Å². The quantitative estimate of drug-likeness (QED) is 0.655. The van der Waals surface area contributed by atoms with Crippen molar-refractivity contribution in [1.82, 2.24) is 4.98 Å². The maximum atomic E-state index is 10.7. The molecule has 2 rings (SSSR count). The highest BCUT2D eigenvalue weighted by atomic mass is 16.5. The molecule has 0 fully saturated rings. The number of nitrogens with zero attached hydrogens (tertiary/aromatic N) is 1. The van der Waals surface area contributed by atoms with E-state index in [1.807, 2.05) is 18.2 Å². The van der Waals surface area contributed by atoms with E-state index in [0.29, 0.717) is 30.4 Å². The van der Waals surface area contributed by atoms with Gasteiger partial charge in [0.1, 0.15) is 24.7 Å². The highest BCUT2D eigenvalue weighted by Crippen LogP contribution is 2.20. The maximum absolute atomic E-state index is 10.7. The molecule has 0 N–H and O–H groups in total. The average Bonchev–Trinajstić information content (AvgIpc) is 2.62. The first kappa shape index (κ1) is 17.2. The van der Waals surface area contributed by atoms with Crippen molar-refractivity contribution in [1.29, 1.82) is 0 Å². The molecule has 0 aliphatic heterocycles. The van der Waals surface area contributed by atoms with Gasteiger partial charge >= 0.3 is 0 Å². The van der Waals surface area contributed by atoms with Crippen molar-refractivity contribution in [3.63, 3.8) is 0 Å². The third-order valence-corrected chi connectivity index (χ3v) is 3.71. The zero-order chi connectivity index (χ0) is 16.5. The number of hydrogen-bond acceptors (Lipinski definition) is 4. The van der Waals surface area contributed by atoms with Crippen LogP contribution in [-0.4, -0.2) is 24.5 Å². The van der Waals surface area contributed by atoms with Crippen LogP contribution in [-0.2, 0) is 4.74 Å². The molecule has 0 bridgehead atoms. The summed E-state index contributed by atoms with van der Waals surface area (Å²) in [6, 6.07) is 12.8. The molecule has 0 saturated carbocycles. The van der Waals surface area contributed by atoms with E-state index in [0.717, 1.165) is 18.4 Å².